The minimum Gasteiger partial charge on any atom is -0.341 e. The molecule has 24 heavy (non-hydrogen) atoms. The first kappa shape index (κ1) is 16.8. The van der Waals surface area contributed by atoms with E-state index in [1.165, 1.54) is 6.07 Å². The number of carbonyl (C=O) groups is 1. The summed E-state index contributed by atoms with van der Waals surface area (Å²) in [5.41, 5.74) is 0.204. The van der Waals surface area contributed by atoms with Crippen LogP contribution >= 0.6 is 0 Å². The zero-order chi connectivity index (χ0) is 17.3. The van der Waals surface area contributed by atoms with Crippen LogP contribution in [0.2, 0.25) is 0 Å². The molecule has 130 valence electrons. The second-order valence-corrected chi connectivity index (χ2v) is 6.14. The van der Waals surface area contributed by atoms with Crippen molar-refractivity contribution in [1.29, 1.82) is 0 Å². The summed E-state index contributed by atoms with van der Waals surface area (Å²) in [4.78, 5) is 22.7. The molecule has 2 aromatic rings. The van der Waals surface area contributed by atoms with Crippen LogP contribution in [0.4, 0.5) is 13.2 Å². The lowest BCUT2D eigenvalue weighted by Crippen LogP contribution is -2.33. The molecule has 0 aliphatic carbocycles. The van der Waals surface area contributed by atoms with Gasteiger partial charge in [0.25, 0.3) is 0 Å². The van der Waals surface area contributed by atoms with Crippen molar-refractivity contribution in [2.45, 2.75) is 25.6 Å². The molecule has 2 heterocycles. The minimum absolute atomic E-state index is 0.187. The first-order chi connectivity index (χ1) is 11.3. The molecule has 1 aromatic heterocycles. The summed E-state index contributed by atoms with van der Waals surface area (Å²) in [7, 11) is 1.90. The fraction of sp³-hybridized carbons (Fsp3) is 0.500. The van der Waals surface area contributed by atoms with Crippen molar-refractivity contribution < 1.29 is 18.0 Å². The number of nitrogens with zero attached hydrogens (tertiary/aromatic N) is 3. The number of carbonyl (C=O) groups excluding carboxylic acids is 1. The largest absolute Gasteiger partial charge is 0.416 e. The summed E-state index contributed by atoms with van der Waals surface area (Å²) in [6.45, 7) is 2.64. The van der Waals surface area contributed by atoms with Gasteiger partial charge >= 0.3 is 6.18 Å². The molecule has 3 rings (SSSR count). The molecule has 0 saturated carbocycles. The number of alkyl halides is 3. The smallest absolute Gasteiger partial charge is 0.341 e. The summed E-state index contributed by atoms with van der Waals surface area (Å²) in [6, 6.07) is 3.49. The van der Waals surface area contributed by atoms with E-state index in [0.29, 0.717) is 42.9 Å². The third-order valence-electron chi connectivity index (χ3n) is 4.20. The van der Waals surface area contributed by atoms with Crippen LogP contribution in [0, 0.1) is 0 Å². The maximum absolute atomic E-state index is 12.7. The molecule has 1 aliphatic rings. The normalized spacial score (nSPS) is 15.9. The molecular weight excluding hydrogens is 321 g/mol. The van der Waals surface area contributed by atoms with E-state index >= 15 is 0 Å². The molecule has 1 aromatic carbocycles. The monoisotopic (exact) mass is 340 g/mol. The topological polar surface area (TPSA) is 52.2 Å². The van der Waals surface area contributed by atoms with Gasteiger partial charge in [-0.15, -0.1) is 0 Å². The standard InChI is InChI=1S/C16H19F3N4O/c1-22(7-8-23-6-2-3-15(23)24)10-14-20-12-5-4-11(16(17,18)19)9-13(12)21-14/h4-5,9H,2-3,6-8,10H2,1H3,(H,20,21). The highest BCUT2D eigenvalue weighted by Gasteiger charge is 2.30. The van der Waals surface area contributed by atoms with E-state index in [1.54, 1.807) is 0 Å². The van der Waals surface area contributed by atoms with Gasteiger partial charge in [-0.2, -0.15) is 13.2 Å². The summed E-state index contributed by atoms with van der Waals surface area (Å²) in [5, 5.41) is 0. The minimum atomic E-state index is -4.36. The molecule has 1 saturated heterocycles. The highest BCUT2D eigenvalue weighted by Crippen LogP contribution is 2.30. The van der Waals surface area contributed by atoms with Gasteiger partial charge in [-0.25, -0.2) is 4.98 Å². The van der Waals surface area contributed by atoms with Gasteiger partial charge in [0.05, 0.1) is 23.1 Å². The van der Waals surface area contributed by atoms with Crippen molar-refractivity contribution in [3.8, 4) is 0 Å². The zero-order valence-corrected chi connectivity index (χ0v) is 13.4. The quantitative estimate of drug-likeness (QED) is 0.910. The van der Waals surface area contributed by atoms with Crippen molar-refractivity contribution in [3.63, 3.8) is 0 Å². The number of hydrogen-bond acceptors (Lipinski definition) is 3. The van der Waals surface area contributed by atoms with Gasteiger partial charge in [-0.3, -0.25) is 9.69 Å². The number of likely N-dealkylation sites (tertiary alicyclic amines) is 1. The van der Waals surface area contributed by atoms with Crippen molar-refractivity contribution in [1.82, 2.24) is 19.8 Å². The number of halogens is 3. The molecule has 1 amide bonds. The highest BCUT2D eigenvalue weighted by molar-refractivity contribution is 5.78. The molecule has 0 radical (unpaired) electrons. The van der Waals surface area contributed by atoms with Gasteiger partial charge in [0.2, 0.25) is 5.91 Å². The number of aromatic amines is 1. The fourth-order valence-electron chi connectivity index (χ4n) is 2.88. The highest BCUT2D eigenvalue weighted by atomic mass is 19.4. The molecule has 1 fully saturated rings. The number of H-pyrrole nitrogens is 1. The average Bonchev–Trinajstić information content (AvgIpc) is 3.08. The van der Waals surface area contributed by atoms with Crippen molar-refractivity contribution in [3.05, 3.63) is 29.6 Å². The number of nitrogens with one attached hydrogen (secondary N) is 1. The van der Waals surface area contributed by atoms with Crippen LogP contribution in [0.1, 0.15) is 24.2 Å². The van der Waals surface area contributed by atoms with Gasteiger partial charge < -0.3 is 9.88 Å². The molecule has 1 N–H and O–H groups in total. The maximum atomic E-state index is 12.7. The summed E-state index contributed by atoms with van der Waals surface area (Å²) >= 11 is 0. The van der Waals surface area contributed by atoms with Gasteiger partial charge in [-0.05, 0) is 31.7 Å². The van der Waals surface area contributed by atoms with E-state index in [0.717, 1.165) is 25.1 Å². The molecule has 8 heteroatoms. The van der Waals surface area contributed by atoms with Crippen molar-refractivity contribution >= 4 is 16.9 Å². The Morgan fingerprint density at radius 2 is 2.17 bits per heavy atom. The van der Waals surface area contributed by atoms with Crippen LogP contribution in [0.25, 0.3) is 11.0 Å². The summed E-state index contributed by atoms with van der Waals surface area (Å²) in [6.07, 6.45) is -2.83. The van der Waals surface area contributed by atoms with Gasteiger partial charge in [0.15, 0.2) is 0 Å². The SMILES string of the molecule is CN(CCN1CCCC1=O)Cc1nc2ccc(C(F)(F)F)cc2[nH]1. The van der Waals surface area contributed by atoms with E-state index < -0.39 is 11.7 Å². The van der Waals surface area contributed by atoms with Gasteiger partial charge in [0.1, 0.15) is 5.82 Å². The molecule has 0 unspecified atom stereocenters. The first-order valence-electron chi connectivity index (χ1n) is 7.85. The number of amides is 1. The summed E-state index contributed by atoms with van der Waals surface area (Å²) in [5.74, 6) is 0.798. The van der Waals surface area contributed by atoms with Crippen molar-refractivity contribution in [2.75, 3.05) is 26.7 Å². The maximum Gasteiger partial charge on any atom is 0.416 e. The number of hydrogen-bond donors (Lipinski definition) is 1. The zero-order valence-electron chi connectivity index (χ0n) is 13.4. The van der Waals surface area contributed by atoms with Crippen LogP contribution in [0.5, 0.6) is 0 Å². The molecule has 0 spiro atoms. The first-order valence-corrected chi connectivity index (χ1v) is 7.85. The molecule has 0 atom stereocenters. The third-order valence-corrected chi connectivity index (χ3v) is 4.20. The number of aromatic nitrogens is 2. The van der Waals surface area contributed by atoms with Gasteiger partial charge in [0, 0.05) is 26.1 Å². The van der Waals surface area contributed by atoms with Crippen molar-refractivity contribution in [2.24, 2.45) is 0 Å². The van der Waals surface area contributed by atoms with E-state index in [9.17, 15) is 18.0 Å². The molecular formula is C16H19F3N4O. The van der Waals surface area contributed by atoms with E-state index in [1.807, 2.05) is 16.8 Å². The molecule has 5 nitrogen and oxygen atoms in total. The number of benzene rings is 1. The van der Waals surface area contributed by atoms with Crippen LogP contribution in [0.15, 0.2) is 18.2 Å². The van der Waals surface area contributed by atoms with Crippen LogP contribution in [-0.4, -0.2) is 52.4 Å². The Hall–Kier alpha value is -2.09. The number of likely N-dealkylation sites (N-methyl/N-ethyl adjacent to an activating group) is 1. The Labute approximate surface area is 137 Å². The summed E-state index contributed by atoms with van der Waals surface area (Å²) < 4.78 is 38.2. The van der Waals surface area contributed by atoms with E-state index in [4.69, 9.17) is 0 Å². The lowest BCUT2D eigenvalue weighted by atomic mass is 10.2. The Morgan fingerprint density at radius 1 is 1.38 bits per heavy atom. The Morgan fingerprint density at radius 3 is 2.83 bits per heavy atom. The van der Waals surface area contributed by atoms with Gasteiger partial charge in [-0.1, -0.05) is 0 Å². The lowest BCUT2D eigenvalue weighted by Gasteiger charge is -2.20. The molecule has 0 bridgehead atoms. The van der Waals surface area contributed by atoms with Crippen LogP contribution in [-0.2, 0) is 17.5 Å². The van der Waals surface area contributed by atoms with E-state index in [-0.39, 0.29) is 5.91 Å². The Balaban J connectivity index is 1.63. The second kappa shape index (κ2) is 6.43. The van der Waals surface area contributed by atoms with Crippen LogP contribution in [0.3, 0.4) is 0 Å². The number of imidazole rings is 1. The second-order valence-electron chi connectivity index (χ2n) is 6.14. The number of fused-ring (bicyclic) bond motifs is 1. The number of rotatable bonds is 5. The fourth-order valence-corrected chi connectivity index (χ4v) is 2.88. The van der Waals surface area contributed by atoms with E-state index in [2.05, 4.69) is 9.97 Å². The molecule has 1 aliphatic heterocycles. The average molecular weight is 340 g/mol. The van der Waals surface area contributed by atoms with Crippen LogP contribution < -0.4 is 0 Å². The predicted octanol–water partition coefficient (Wildman–Crippen LogP) is 2.64. The lowest BCUT2D eigenvalue weighted by molar-refractivity contribution is -0.137. The Bertz CT molecular complexity index is 740. The Kier molecular flexibility index (Phi) is 4.49. The predicted molar refractivity (Wildman–Crippen MR) is 83.2 cm³/mol. The third kappa shape index (κ3) is 3.69.